The van der Waals surface area contributed by atoms with Crippen LogP contribution in [0.25, 0.3) is 0 Å². The molecule has 1 aliphatic rings. The third-order valence-electron chi connectivity index (χ3n) is 5.52. The minimum Gasteiger partial charge on any atom is -0.497 e. The number of hydrogen-bond donors (Lipinski definition) is 0. The first-order valence-corrected chi connectivity index (χ1v) is 10.9. The quantitative estimate of drug-likeness (QED) is 0.646. The molecule has 0 atom stereocenters. The Morgan fingerprint density at radius 2 is 1.74 bits per heavy atom. The highest BCUT2D eigenvalue weighted by atomic mass is 16.5. The van der Waals surface area contributed by atoms with Crippen molar-refractivity contribution >= 4 is 11.7 Å². The van der Waals surface area contributed by atoms with Crippen molar-refractivity contribution in [3.63, 3.8) is 0 Å². The second-order valence-corrected chi connectivity index (χ2v) is 8.44. The fraction of sp³-hybridized carbons (Fsp3) is 0.542. The number of hydrogen-bond acceptors (Lipinski definition) is 6. The van der Waals surface area contributed by atoms with E-state index in [1.165, 1.54) is 0 Å². The number of ether oxygens (including phenoxy) is 2. The van der Waals surface area contributed by atoms with Gasteiger partial charge in [-0.2, -0.15) is 0 Å². The van der Waals surface area contributed by atoms with Crippen LogP contribution in [0.4, 0.5) is 5.82 Å². The van der Waals surface area contributed by atoms with Crippen LogP contribution in [-0.4, -0.2) is 61.2 Å². The van der Waals surface area contributed by atoms with E-state index in [4.69, 9.17) is 14.5 Å². The van der Waals surface area contributed by atoms with Crippen molar-refractivity contribution in [1.29, 1.82) is 0 Å². The summed E-state index contributed by atoms with van der Waals surface area (Å²) in [5.74, 6) is 3.14. The van der Waals surface area contributed by atoms with E-state index in [0.29, 0.717) is 25.4 Å². The number of aromatic nitrogens is 2. The maximum absolute atomic E-state index is 12.5. The number of anilines is 1. The van der Waals surface area contributed by atoms with E-state index in [1.54, 1.807) is 14.2 Å². The van der Waals surface area contributed by atoms with Crippen LogP contribution < -0.4 is 9.64 Å². The van der Waals surface area contributed by atoms with Gasteiger partial charge in [-0.15, -0.1) is 0 Å². The maximum Gasteiger partial charge on any atom is 0.222 e. The molecule has 0 bridgehead atoms. The molecule has 1 fully saturated rings. The summed E-state index contributed by atoms with van der Waals surface area (Å²) in [6.45, 7) is 9.50. The average Bonchev–Trinajstić information content (AvgIpc) is 2.75. The second kappa shape index (κ2) is 10.6. The molecule has 1 aromatic heterocycles. The van der Waals surface area contributed by atoms with Crippen LogP contribution in [0, 0.1) is 12.8 Å². The lowest BCUT2D eigenvalue weighted by Gasteiger charge is -2.37. The average molecular weight is 427 g/mol. The number of carbonyl (C=O) groups is 1. The van der Waals surface area contributed by atoms with Crippen molar-refractivity contribution in [2.24, 2.45) is 5.92 Å². The lowest BCUT2D eigenvalue weighted by molar-refractivity contribution is -0.132. The smallest absolute Gasteiger partial charge is 0.222 e. The van der Waals surface area contributed by atoms with Gasteiger partial charge in [-0.1, -0.05) is 26.0 Å². The van der Waals surface area contributed by atoms with Gasteiger partial charge in [0.15, 0.2) is 0 Å². The molecule has 2 heterocycles. The first kappa shape index (κ1) is 23.0. The molecule has 3 rings (SSSR count). The van der Waals surface area contributed by atoms with Crippen molar-refractivity contribution in [2.75, 3.05) is 45.3 Å². The largest absolute Gasteiger partial charge is 0.497 e. The van der Waals surface area contributed by atoms with E-state index in [2.05, 4.69) is 35.9 Å². The summed E-state index contributed by atoms with van der Waals surface area (Å²) in [5, 5.41) is 0. The van der Waals surface area contributed by atoms with Crippen LogP contribution in [0.1, 0.15) is 42.9 Å². The third-order valence-corrected chi connectivity index (χ3v) is 5.52. The molecule has 0 aliphatic carbocycles. The molecule has 0 radical (unpaired) electrons. The van der Waals surface area contributed by atoms with E-state index < -0.39 is 0 Å². The molecule has 1 amide bonds. The second-order valence-electron chi connectivity index (χ2n) is 8.44. The van der Waals surface area contributed by atoms with E-state index in [0.717, 1.165) is 60.4 Å². The molecular formula is C24H34N4O3. The summed E-state index contributed by atoms with van der Waals surface area (Å²) in [6.07, 6.45) is 1.32. The van der Waals surface area contributed by atoms with Gasteiger partial charge in [0.25, 0.3) is 0 Å². The Morgan fingerprint density at radius 1 is 1.06 bits per heavy atom. The van der Waals surface area contributed by atoms with Gasteiger partial charge < -0.3 is 19.3 Å². The number of carbonyl (C=O) groups excluding carboxylic acids is 1. The zero-order chi connectivity index (χ0) is 22.4. The number of piperazine rings is 1. The van der Waals surface area contributed by atoms with Gasteiger partial charge in [0.05, 0.1) is 19.4 Å². The van der Waals surface area contributed by atoms with E-state index in [1.807, 2.05) is 24.0 Å². The summed E-state index contributed by atoms with van der Waals surface area (Å²) in [6, 6.07) is 8.08. The molecule has 7 nitrogen and oxygen atoms in total. The van der Waals surface area contributed by atoms with Crippen molar-refractivity contribution in [3.8, 4) is 5.75 Å². The lowest BCUT2D eigenvalue weighted by Crippen LogP contribution is -2.49. The Balaban J connectivity index is 1.84. The Labute approximate surface area is 185 Å². The van der Waals surface area contributed by atoms with Gasteiger partial charge in [0, 0.05) is 51.7 Å². The maximum atomic E-state index is 12.5. The number of amides is 1. The topological polar surface area (TPSA) is 67.8 Å². The van der Waals surface area contributed by atoms with Gasteiger partial charge in [-0.05, 0) is 30.5 Å². The first-order chi connectivity index (χ1) is 14.9. The predicted molar refractivity (Wildman–Crippen MR) is 122 cm³/mol. The minimum atomic E-state index is 0.243. The summed E-state index contributed by atoms with van der Waals surface area (Å²) in [5.41, 5.74) is 3.16. The van der Waals surface area contributed by atoms with Gasteiger partial charge in [-0.3, -0.25) is 4.79 Å². The molecule has 168 valence electrons. The molecule has 7 heteroatoms. The summed E-state index contributed by atoms with van der Waals surface area (Å²) < 4.78 is 10.7. The SMILES string of the molecule is COCc1nc(C)nc(N2CCN(C(=O)CC(C)C)CC2)c1Cc1ccc(OC)cc1. The molecular weight excluding hydrogens is 392 g/mol. The van der Waals surface area contributed by atoms with Crippen molar-refractivity contribution in [3.05, 3.63) is 46.9 Å². The molecule has 1 saturated heterocycles. The van der Waals surface area contributed by atoms with Crippen LogP contribution in [0.2, 0.25) is 0 Å². The van der Waals surface area contributed by atoms with Crippen LogP contribution in [0.5, 0.6) is 5.75 Å². The molecule has 31 heavy (non-hydrogen) atoms. The predicted octanol–water partition coefficient (Wildman–Crippen LogP) is 3.23. The first-order valence-electron chi connectivity index (χ1n) is 10.9. The normalized spacial score (nSPS) is 14.3. The molecule has 0 N–H and O–H groups in total. The van der Waals surface area contributed by atoms with Gasteiger partial charge in [-0.25, -0.2) is 9.97 Å². The molecule has 0 spiro atoms. The zero-order valence-electron chi connectivity index (χ0n) is 19.4. The number of rotatable bonds is 8. The van der Waals surface area contributed by atoms with Crippen molar-refractivity contribution < 1.29 is 14.3 Å². The van der Waals surface area contributed by atoms with Crippen molar-refractivity contribution in [1.82, 2.24) is 14.9 Å². The minimum absolute atomic E-state index is 0.243. The molecule has 1 aliphatic heterocycles. The van der Waals surface area contributed by atoms with Crippen LogP contribution >= 0.6 is 0 Å². The summed E-state index contributed by atoms with van der Waals surface area (Å²) in [7, 11) is 3.36. The molecule has 1 aromatic carbocycles. The van der Waals surface area contributed by atoms with Crippen LogP contribution in [0.15, 0.2) is 24.3 Å². The Bertz CT molecular complexity index is 875. The fourth-order valence-corrected chi connectivity index (χ4v) is 3.93. The van der Waals surface area contributed by atoms with Gasteiger partial charge in [0.2, 0.25) is 5.91 Å². The highest BCUT2D eigenvalue weighted by molar-refractivity contribution is 5.76. The number of nitrogens with zero attached hydrogens (tertiary/aromatic N) is 4. The number of benzene rings is 1. The molecule has 0 saturated carbocycles. The molecule has 2 aromatic rings. The standard InChI is InChI=1S/C24H34N4O3/c1-17(2)14-23(29)27-10-12-28(13-11-27)24-21(22(16-30-4)25-18(3)26-24)15-19-6-8-20(31-5)9-7-19/h6-9,17H,10-16H2,1-5H3. The highest BCUT2D eigenvalue weighted by Crippen LogP contribution is 2.27. The third kappa shape index (κ3) is 5.94. The van der Waals surface area contributed by atoms with Crippen molar-refractivity contribution in [2.45, 2.75) is 40.2 Å². The fourth-order valence-electron chi connectivity index (χ4n) is 3.93. The van der Waals surface area contributed by atoms with E-state index in [-0.39, 0.29) is 5.91 Å². The number of aryl methyl sites for hydroxylation is 1. The molecule has 0 unspecified atom stereocenters. The monoisotopic (exact) mass is 426 g/mol. The zero-order valence-corrected chi connectivity index (χ0v) is 19.4. The van der Waals surface area contributed by atoms with Crippen LogP contribution in [0.3, 0.4) is 0 Å². The number of methoxy groups -OCH3 is 2. The van der Waals surface area contributed by atoms with E-state index in [9.17, 15) is 4.79 Å². The Kier molecular flexibility index (Phi) is 7.85. The highest BCUT2D eigenvalue weighted by Gasteiger charge is 2.25. The Hall–Kier alpha value is -2.67. The van der Waals surface area contributed by atoms with Gasteiger partial charge in [0.1, 0.15) is 17.4 Å². The summed E-state index contributed by atoms with van der Waals surface area (Å²) in [4.78, 5) is 26.2. The lowest BCUT2D eigenvalue weighted by atomic mass is 10.0. The Morgan fingerprint density at radius 3 is 2.32 bits per heavy atom. The van der Waals surface area contributed by atoms with Crippen LogP contribution in [-0.2, 0) is 22.6 Å². The summed E-state index contributed by atoms with van der Waals surface area (Å²) >= 11 is 0. The van der Waals surface area contributed by atoms with E-state index >= 15 is 0 Å². The van der Waals surface area contributed by atoms with Gasteiger partial charge >= 0.3 is 0 Å².